The molecule has 27 heavy (non-hydrogen) atoms. The van der Waals surface area contributed by atoms with Gasteiger partial charge in [-0.3, -0.25) is 0 Å². The van der Waals surface area contributed by atoms with Crippen LogP contribution in [0.3, 0.4) is 0 Å². The van der Waals surface area contributed by atoms with E-state index in [1.165, 1.54) is 10.4 Å². The Morgan fingerprint density at radius 3 is 1.30 bits per heavy atom. The minimum Gasteiger partial charge on any atom is -0.411 e. The zero-order chi connectivity index (χ0) is 19.7. The molecule has 0 N–H and O–H groups in total. The van der Waals surface area contributed by atoms with E-state index in [4.69, 9.17) is 12.3 Å². The van der Waals surface area contributed by atoms with Crippen LogP contribution in [0.25, 0.3) is 0 Å². The SMILES string of the molecule is CC(C)[Si]1O[Si@](c2ccccc2)(C(C)C)O[Si@](c2ccccc2)(C(C)C)O1. The lowest BCUT2D eigenvalue weighted by molar-refractivity contribution is 0.233. The molecular formula is C21H31O3Si3. The van der Waals surface area contributed by atoms with Gasteiger partial charge in [0.05, 0.1) is 0 Å². The molecule has 0 saturated carbocycles. The molecule has 145 valence electrons. The van der Waals surface area contributed by atoms with E-state index in [0.717, 1.165) is 0 Å². The molecule has 1 fully saturated rings. The van der Waals surface area contributed by atoms with Crippen LogP contribution >= 0.6 is 0 Å². The van der Waals surface area contributed by atoms with Crippen LogP contribution in [-0.2, 0) is 12.3 Å². The first-order chi connectivity index (χ1) is 12.8. The molecule has 1 aliphatic rings. The smallest absolute Gasteiger partial charge is 0.369 e. The molecule has 0 aliphatic carbocycles. The lowest BCUT2D eigenvalue weighted by atomic mass is 10.4. The summed E-state index contributed by atoms with van der Waals surface area (Å²) in [5.74, 6) is 0. The van der Waals surface area contributed by atoms with Gasteiger partial charge in [-0.05, 0) is 27.0 Å². The molecule has 3 rings (SSSR count). The van der Waals surface area contributed by atoms with E-state index in [1.807, 2.05) is 0 Å². The van der Waals surface area contributed by atoms with Crippen molar-refractivity contribution >= 4 is 36.8 Å². The van der Waals surface area contributed by atoms with Crippen LogP contribution in [0.5, 0.6) is 0 Å². The second-order valence-corrected chi connectivity index (χ2v) is 18.5. The summed E-state index contributed by atoms with van der Waals surface area (Å²) < 4.78 is 20.9. The van der Waals surface area contributed by atoms with Gasteiger partial charge in [0.15, 0.2) is 0 Å². The van der Waals surface area contributed by atoms with E-state index in [1.54, 1.807) is 0 Å². The van der Waals surface area contributed by atoms with Gasteiger partial charge in [-0.2, -0.15) is 0 Å². The van der Waals surface area contributed by atoms with Gasteiger partial charge in [-0.1, -0.05) is 102 Å². The van der Waals surface area contributed by atoms with Gasteiger partial charge >= 0.3 is 26.4 Å². The van der Waals surface area contributed by atoms with Crippen molar-refractivity contribution in [2.24, 2.45) is 0 Å². The van der Waals surface area contributed by atoms with E-state index < -0.39 is 26.4 Å². The van der Waals surface area contributed by atoms with Gasteiger partial charge in [0.2, 0.25) is 0 Å². The van der Waals surface area contributed by atoms with Crippen molar-refractivity contribution in [1.29, 1.82) is 0 Å². The van der Waals surface area contributed by atoms with Gasteiger partial charge in [0.1, 0.15) is 0 Å². The normalized spacial score (nSPS) is 26.9. The van der Waals surface area contributed by atoms with Crippen LogP contribution in [-0.4, -0.2) is 26.4 Å². The molecule has 2 aromatic carbocycles. The third-order valence-electron chi connectivity index (χ3n) is 5.15. The predicted octanol–water partition coefficient (Wildman–Crippen LogP) is 4.47. The Labute approximate surface area is 168 Å². The number of benzene rings is 2. The van der Waals surface area contributed by atoms with Crippen LogP contribution in [0.15, 0.2) is 60.7 Å². The van der Waals surface area contributed by atoms with E-state index in [0.29, 0.717) is 16.6 Å². The lowest BCUT2D eigenvalue weighted by Crippen LogP contribution is -2.75. The average molecular weight is 416 g/mol. The molecule has 1 radical (unpaired) electrons. The topological polar surface area (TPSA) is 27.7 Å². The predicted molar refractivity (Wildman–Crippen MR) is 118 cm³/mol. The van der Waals surface area contributed by atoms with Crippen molar-refractivity contribution in [1.82, 2.24) is 0 Å². The summed E-state index contributed by atoms with van der Waals surface area (Å²) in [5, 5.41) is 2.44. The van der Waals surface area contributed by atoms with Crippen LogP contribution in [0.2, 0.25) is 16.6 Å². The van der Waals surface area contributed by atoms with Crippen molar-refractivity contribution < 1.29 is 12.3 Å². The summed E-state index contributed by atoms with van der Waals surface area (Å²) >= 11 is 0. The van der Waals surface area contributed by atoms with Gasteiger partial charge in [0, 0.05) is 0 Å². The summed E-state index contributed by atoms with van der Waals surface area (Å²) in [5.41, 5.74) is 0.969. The van der Waals surface area contributed by atoms with Crippen LogP contribution < -0.4 is 10.4 Å². The van der Waals surface area contributed by atoms with Gasteiger partial charge in [-0.15, -0.1) is 0 Å². The molecule has 0 unspecified atom stereocenters. The fraction of sp³-hybridized carbons (Fsp3) is 0.429. The first-order valence-electron chi connectivity index (χ1n) is 9.88. The molecule has 0 bridgehead atoms. The lowest BCUT2D eigenvalue weighted by Gasteiger charge is -2.52. The highest BCUT2D eigenvalue weighted by molar-refractivity contribution is 7.01. The third kappa shape index (κ3) is 3.79. The Morgan fingerprint density at radius 1 is 0.630 bits per heavy atom. The van der Waals surface area contributed by atoms with Crippen molar-refractivity contribution in [2.75, 3.05) is 0 Å². The van der Waals surface area contributed by atoms with E-state index in [2.05, 4.69) is 102 Å². The average Bonchev–Trinajstić information content (AvgIpc) is 2.68. The van der Waals surface area contributed by atoms with Crippen molar-refractivity contribution in [3.63, 3.8) is 0 Å². The maximum Gasteiger partial charge on any atom is 0.369 e. The van der Waals surface area contributed by atoms with Gasteiger partial charge in [0.25, 0.3) is 0 Å². The fourth-order valence-electron chi connectivity index (χ4n) is 3.54. The first kappa shape index (κ1) is 20.7. The standard InChI is InChI=1S/C21H31O3Si3/c1-17(2)25-22-26(18(3)4,20-13-9-7-10-14-20)24-27(23-25,19(5)6)21-15-11-8-12-16-21/h7-19H,1-6H3/t26-,27+. The fourth-order valence-corrected chi connectivity index (χ4v) is 19.5. The molecule has 0 aromatic heterocycles. The maximum absolute atomic E-state index is 7.20. The molecule has 0 amide bonds. The van der Waals surface area contributed by atoms with Crippen molar-refractivity contribution in [3.8, 4) is 0 Å². The molecule has 1 heterocycles. The molecule has 1 saturated heterocycles. The Balaban J connectivity index is 2.21. The van der Waals surface area contributed by atoms with Crippen LogP contribution in [0.1, 0.15) is 41.5 Å². The minimum absolute atomic E-state index is 0.303. The Hall–Kier alpha value is -1.03. The summed E-state index contributed by atoms with van der Waals surface area (Å²) in [6.45, 7) is 13.4. The van der Waals surface area contributed by atoms with E-state index >= 15 is 0 Å². The second-order valence-electron chi connectivity index (χ2n) is 8.16. The molecule has 2 aromatic rings. The summed E-state index contributed by atoms with van der Waals surface area (Å²) in [6, 6.07) is 21.2. The largest absolute Gasteiger partial charge is 0.411 e. The zero-order valence-electron chi connectivity index (χ0n) is 17.2. The quantitative estimate of drug-likeness (QED) is 0.675. The maximum atomic E-state index is 7.20. The monoisotopic (exact) mass is 415 g/mol. The Kier molecular flexibility index (Phi) is 6.24. The number of hydrogen-bond acceptors (Lipinski definition) is 3. The van der Waals surface area contributed by atoms with E-state index in [9.17, 15) is 0 Å². The van der Waals surface area contributed by atoms with Crippen molar-refractivity contribution in [2.45, 2.75) is 58.2 Å². The summed E-state index contributed by atoms with van der Waals surface area (Å²) in [7, 11) is -6.78. The van der Waals surface area contributed by atoms with Crippen LogP contribution in [0.4, 0.5) is 0 Å². The van der Waals surface area contributed by atoms with Crippen molar-refractivity contribution in [3.05, 3.63) is 60.7 Å². The number of hydrogen-bond donors (Lipinski definition) is 0. The third-order valence-corrected chi connectivity index (χ3v) is 17.9. The Morgan fingerprint density at radius 2 is 1.00 bits per heavy atom. The molecule has 0 spiro atoms. The van der Waals surface area contributed by atoms with Gasteiger partial charge < -0.3 is 12.3 Å². The molecule has 3 nitrogen and oxygen atoms in total. The summed E-state index contributed by atoms with van der Waals surface area (Å²) in [4.78, 5) is 0. The highest BCUT2D eigenvalue weighted by atomic mass is 28.5. The first-order valence-corrected chi connectivity index (χ1v) is 15.1. The minimum atomic E-state index is -2.66. The second kappa shape index (κ2) is 8.15. The van der Waals surface area contributed by atoms with E-state index in [-0.39, 0.29) is 0 Å². The molecular weight excluding hydrogens is 384 g/mol. The summed E-state index contributed by atoms with van der Waals surface area (Å²) in [6.07, 6.45) is 0. The highest BCUT2D eigenvalue weighted by Crippen LogP contribution is 2.39. The molecule has 6 heteroatoms. The zero-order valence-corrected chi connectivity index (χ0v) is 20.2. The highest BCUT2D eigenvalue weighted by Gasteiger charge is 2.61. The molecule has 1 aliphatic heterocycles. The number of rotatable bonds is 5. The van der Waals surface area contributed by atoms with Gasteiger partial charge in [-0.25, -0.2) is 0 Å². The van der Waals surface area contributed by atoms with Crippen LogP contribution in [0, 0.1) is 0 Å². The molecule has 2 atom stereocenters. The Bertz CT molecular complexity index is 679.